The average molecular weight is 317 g/mol. The van der Waals surface area contributed by atoms with Gasteiger partial charge in [0, 0.05) is 16.9 Å². The van der Waals surface area contributed by atoms with Crippen molar-refractivity contribution >= 4 is 52.3 Å². The summed E-state index contributed by atoms with van der Waals surface area (Å²) >= 11 is 17.4. The van der Waals surface area contributed by atoms with E-state index in [-0.39, 0.29) is 0 Å². The zero-order valence-electron chi connectivity index (χ0n) is 9.45. The van der Waals surface area contributed by atoms with Crippen LogP contribution in [0.4, 0.5) is 16.3 Å². The average Bonchev–Trinajstić information content (AvgIpc) is 2.34. The Kier molecular flexibility index (Phi) is 4.47. The number of carbonyl (C=O) groups is 1. The molecule has 2 aromatic rings. The number of urea groups is 1. The molecule has 0 unspecified atom stereocenters. The van der Waals surface area contributed by atoms with Crippen LogP contribution in [0.1, 0.15) is 0 Å². The van der Waals surface area contributed by atoms with Gasteiger partial charge in [-0.25, -0.2) is 9.78 Å². The van der Waals surface area contributed by atoms with E-state index >= 15 is 0 Å². The first-order valence-electron chi connectivity index (χ1n) is 5.19. The summed E-state index contributed by atoms with van der Waals surface area (Å²) in [5, 5.41) is 6.41. The van der Waals surface area contributed by atoms with Crippen molar-refractivity contribution in [3.05, 3.63) is 51.6 Å². The van der Waals surface area contributed by atoms with E-state index in [2.05, 4.69) is 15.6 Å². The quantitative estimate of drug-likeness (QED) is 0.844. The second-order valence-electron chi connectivity index (χ2n) is 3.57. The smallest absolute Gasteiger partial charge is 0.308 e. The van der Waals surface area contributed by atoms with E-state index in [1.54, 1.807) is 24.3 Å². The maximum Gasteiger partial charge on any atom is 0.324 e. The van der Waals surface area contributed by atoms with Crippen LogP contribution < -0.4 is 10.6 Å². The lowest BCUT2D eigenvalue weighted by molar-refractivity contribution is 0.262. The van der Waals surface area contributed by atoms with Crippen LogP contribution in [0.5, 0.6) is 0 Å². The van der Waals surface area contributed by atoms with Gasteiger partial charge in [0.1, 0.15) is 5.82 Å². The number of halogens is 3. The second-order valence-corrected chi connectivity index (χ2v) is 4.82. The lowest BCUT2D eigenvalue weighted by Gasteiger charge is -2.07. The number of hydrogen-bond acceptors (Lipinski definition) is 2. The van der Waals surface area contributed by atoms with Crippen molar-refractivity contribution in [2.24, 2.45) is 0 Å². The molecule has 0 saturated heterocycles. The largest absolute Gasteiger partial charge is 0.324 e. The van der Waals surface area contributed by atoms with Crippen LogP contribution in [0.25, 0.3) is 0 Å². The van der Waals surface area contributed by atoms with Gasteiger partial charge in [0.25, 0.3) is 0 Å². The highest BCUT2D eigenvalue weighted by atomic mass is 35.5. The predicted molar refractivity (Wildman–Crippen MR) is 78.4 cm³/mol. The molecule has 1 heterocycles. The van der Waals surface area contributed by atoms with Gasteiger partial charge < -0.3 is 5.32 Å². The summed E-state index contributed by atoms with van der Waals surface area (Å²) in [7, 11) is 0. The van der Waals surface area contributed by atoms with Crippen molar-refractivity contribution in [1.29, 1.82) is 0 Å². The molecule has 4 nitrogen and oxygen atoms in total. The van der Waals surface area contributed by atoms with Crippen molar-refractivity contribution in [3.8, 4) is 0 Å². The van der Waals surface area contributed by atoms with Gasteiger partial charge in [-0.15, -0.1) is 0 Å². The number of amides is 2. The zero-order valence-corrected chi connectivity index (χ0v) is 11.7. The highest BCUT2D eigenvalue weighted by molar-refractivity contribution is 6.42. The molecule has 2 N–H and O–H groups in total. The van der Waals surface area contributed by atoms with Crippen molar-refractivity contribution < 1.29 is 4.79 Å². The third-order valence-corrected chi connectivity index (χ3v) is 3.12. The summed E-state index contributed by atoms with van der Waals surface area (Å²) in [5.41, 5.74) is 0.522. The van der Waals surface area contributed by atoms with E-state index in [9.17, 15) is 4.79 Å². The first kappa shape index (κ1) is 13.9. The zero-order chi connectivity index (χ0) is 13.8. The molecule has 1 aromatic heterocycles. The molecule has 0 aliphatic heterocycles. The molecule has 0 aliphatic carbocycles. The normalized spacial score (nSPS) is 10.1. The Morgan fingerprint density at radius 3 is 2.47 bits per heavy atom. The van der Waals surface area contributed by atoms with E-state index in [0.29, 0.717) is 26.6 Å². The Balaban J connectivity index is 2.03. The van der Waals surface area contributed by atoms with Gasteiger partial charge in [-0.05, 0) is 30.3 Å². The summed E-state index contributed by atoms with van der Waals surface area (Å²) < 4.78 is 0. The fraction of sp³-hybridized carbons (Fsp3) is 0. The number of pyridine rings is 1. The lowest BCUT2D eigenvalue weighted by Crippen LogP contribution is -2.19. The number of nitrogens with one attached hydrogen (secondary N) is 2. The van der Waals surface area contributed by atoms with Gasteiger partial charge in [0.05, 0.1) is 10.0 Å². The standard InChI is InChI=1S/C12H8Cl3N3O/c13-7-3-4-16-11(5-7)18-12(19)17-8-1-2-9(14)10(15)6-8/h1-6H,(H2,16,17,18,19). The minimum Gasteiger partial charge on any atom is -0.308 e. The van der Waals surface area contributed by atoms with Crippen molar-refractivity contribution in [3.63, 3.8) is 0 Å². The van der Waals surface area contributed by atoms with Gasteiger partial charge in [-0.3, -0.25) is 5.32 Å². The Morgan fingerprint density at radius 1 is 1.00 bits per heavy atom. The molecular formula is C12H8Cl3N3O. The maximum atomic E-state index is 11.7. The van der Waals surface area contributed by atoms with E-state index in [4.69, 9.17) is 34.8 Å². The predicted octanol–water partition coefficient (Wildman–Crippen LogP) is 4.69. The monoisotopic (exact) mass is 315 g/mol. The second kappa shape index (κ2) is 6.10. The number of aromatic nitrogens is 1. The van der Waals surface area contributed by atoms with Crippen LogP contribution >= 0.6 is 34.8 Å². The molecule has 2 amide bonds. The van der Waals surface area contributed by atoms with Crippen LogP contribution in [-0.2, 0) is 0 Å². The fourth-order valence-corrected chi connectivity index (χ4v) is 1.78. The fourth-order valence-electron chi connectivity index (χ4n) is 1.33. The number of carbonyl (C=O) groups excluding carboxylic acids is 1. The number of nitrogens with zero attached hydrogens (tertiary/aromatic N) is 1. The van der Waals surface area contributed by atoms with E-state index < -0.39 is 6.03 Å². The minimum absolute atomic E-state index is 0.352. The molecule has 0 atom stereocenters. The van der Waals surface area contributed by atoms with Crippen molar-refractivity contribution in [2.75, 3.05) is 10.6 Å². The number of benzene rings is 1. The van der Waals surface area contributed by atoms with Gasteiger partial charge >= 0.3 is 6.03 Å². The van der Waals surface area contributed by atoms with E-state index in [0.717, 1.165) is 0 Å². The Bertz CT molecular complexity index is 619. The summed E-state index contributed by atoms with van der Waals surface area (Å²) in [6.45, 7) is 0. The van der Waals surface area contributed by atoms with Crippen LogP contribution in [0.3, 0.4) is 0 Å². The molecule has 0 radical (unpaired) electrons. The summed E-state index contributed by atoms with van der Waals surface area (Å²) in [5.74, 6) is 0.352. The molecule has 2 rings (SSSR count). The molecule has 0 aliphatic rings. The summed E-state index contributed by atoms with van der Waals surface area (Å²) in [6, 6.07) is 7.48. The van der Waals surface area contributed by atoms with Gasteiger partial charge in [-0.1, -0.05) is 34.8 Å². The molecule has 0 fully saturated rings. The molecule has 0 saturated carbocycles. The highest BCUT2D eigenvalue weighted by Crippen LogP contribution is 2.25. The molecule has 19 heavy (non-hydrogen) atoms. The van der Waals surface area contributed by atoms with Crippen molar-refractivity contribution in [1.82, 2.24) is 4.98 Å². The van der Waals surface area contributed by atoms with Crippen LogP contribution in [0, 0.1) is 0 Å². The number of anilines is 2. The van der Waals surface area contributed by atoms with E-state index in [1.807, 2.05) is 0 Å². The topological polar surface area (TPSA) is 54.0 Å². The number of hydrogen-bond donors (Lipinski definition) is 2. The Morgan fingerprint density at radius 2 is 1.79 bits per heavy atom. The molecule has 0 bridgehead atoms. The first-order valence-corrected chi connectivity index (χ1v) is 6.32. The van der Waals surface area contributed by atoms with Gasteiger partial charge in [0.2, 0.25) is 0 Å². The van der Waals surface area contributed by atoms with Crippen LogP contribution in [0.2, 0.25) is 15.1 Å². The lowest BCUT2D eigenvalue weighted by atomic mass is 10.3. The van der Waals surface area contributed by atoms with E-state index in [1.165, 1.54) is 12.3 Å². The highest BCUT2D eigenvalue weighted by Gasteiger charge is 2.05. The molecule has 98 valence electrons. The first-order chi connectivity index (χ1) is 9.04. The third kappa shape index (κ3) is 3.99. The molecule has 7 heteroatoms. The van der Waals surface area contributed by atoms with Gasteiger partial charge in [0.15, 0.2) is 0 Å². The third-order valence-electron chi connectivity index (χ3n) is 2.14. The summed E-state index contributed by atoms with van der Waals surface area (Å²) in [4.78, 5) is 15.7. The van der Waals surface area contributed by atoms with Crippen LogP contribution in [-0.4, -0.2) is 11.0 Å². The Hall–Kier alpha value is -1.49. The van der Waals surface area contributed by atoms with Crippen molar-refractivity contribution in [2.45, 2.75) is 0 Å². The minimum atomic E-state index is -0.451. The number of rotatable bonds is 2. The Labute approximate surface area is 124 Å². The maximum absolute atomic E-state index is 11.7. The molecule has 0 spiro atoms. The summed E-state index contributed by atoms with van der Waals surface area (Å²) in [6.07, 6.45) is 1.50. The molecule has 1 aromatic carbocycles. The molecular weight excluding hydrogens is 309 g/mol. The SMILES string of the molecule is O=C(Nc1ccc(Cl)c(Cl)c1)Nc1cc(Cl)ccn1. The van der Waals surface area contributed by atoms with Crippen LogP contribution in [0.15, 0.2) is 36.5 Å². The van der Waals surface area contributed by atoms with Gasteiger partial charge in [-0.2, -0.15) is 0 Å².